The molecule has 1 aromatic carbocycles. The van der Waals surface area contributed by atoms with Gasteiger partial charge in [0.1, 0.15) is 4.83 Å². The Morgan fingerprint density at radius 3 is 2.65 bits per heavy atom. The second-order valence-electron chi connectivity index (χ2n) is 6.80. The predicted octanol–water partition coefficient (Wildman–Crippen LogP) is 4.92. The number of aryl methyl sites for hydroxylation is 3. The maximum Gasteiger partial charge on any atom is 0.337 e. The van der Waals surface area contributed by atoms with E-state index in [4.69, 9.17) is 4.74 Å². The van der Waals surface area contributed by atoms with Crippen LogP contribution < -0.4 is 0 Å². The van der Waals surface area contributed by atoms with Gasteiger partial charge in [-0.15, -0.1) is 11.3 Å². The fraction of sp³-hybridized carbons (Fsp3) is 0.333. The molecule has 1 aliphatic rings. The molecule has 1 unspecified atom stereocenters. The number of pyridine rings is 1. The van der Waals surface area contributed by atoms with E-state index in [1.54, 1.807) is 17.5 Å². The fourth-order valence-electron chi connectivity index (χ4n) is 3.83. The number of hydrogen-bond acceptors (Lipinski definition) is 4. The lowest BCUT2D eigenvalue weighted by Crippen LogP contribution is -2.15. The third-order valence-electron chi connectivity index (χ3n) is 5.09. The highest BCUT2D eigenvalue weighted by Crippen LogP contribution is 2.43. The Bertz CT molecular complexity index is 975. The molecule has 4 nitrogen and oxygen atoms in total. The smallest absolute Gasteiger partial charge is 0.337 e. The first-order valence-corrected chi connectivity index (χ1v) is 9.67. The van der Waals surface area contributed by atoms with Crippen LogP contribution in [0, 0.1) is 6.92 Å². The molecule has 0 fully saturated rings. The van der Waals surface area contributed by atoms with E-state index in [0.717, 1.165) is 34.2 Å². The quantitative estimate of drug-likeness (QED) is 0.711. The van der Waals surface area contributed by atoms with Crippen molar-refractivity contribution in [2.24, 2.45) is 0 Å². The van der Waals surface area contributed by atoms with Gasteiger partial charge >= 0.3 is 5.97 Å². The van der Waals surface area contributed by atoms with Gasteiger partial charge in [-0.3, -0.25) is 0 Å². The van der Waals surface area contributed by atoms with Crippen molar-refractivity contribution < 1.29 is 14.6 Å². The SMILES string of the molecule is COC(C(=O)O)c1cnc2sc3c(c2c1-c1ccc(C)cc1)CCCC3. The number of carboxylic acids is 1. The van der Waals surface area contributed by atoms with E-state index >= 15 is 0 Å². The van der Waals surface area contributed by atoms with Crippen molar-refractivity contribution >= 4 is 27.5 Å². The number of methoxy groups -OCH3 is 1. The summed E-state index contributed by atoms with van der Waals surface area (Å²) < 4.78 is 5.32. The van der Waals surface area contributed by atoms with Crippen molar-refractivity contribution in [1.29, 1.82) is 0 Å². The van der Waals surface area contributed by atoms with Gasteiger partial charge in [0.15, 0.2) is 6.10 Å². The zero-order valence-corrected chi connectivity index (χ0v) is 15.7. The number of ether oxygens (including phenoxy) is 1. The van der Waals surface area contributed by atoms with Crippen molar-refractivity contribution in [3.8, 4) is 11.1 Å². The number of thiophene rings is 1. The highest BCUT2D eigenvalue weighted by molar-refractivity contribution is 7.19. The molecule has 2 heterocycles. The maximum atomic E-state index is 11.8. The summed E-state index contributed by atoms with van der Waals surface area (Å²) in [7, 11) is 1.44. The van der Waals surface area contributed by atoms with Crippen molar-refractivity contribution in [2.75, 3.05) is 7.11 Å². The molecule has 5 heteroatoms. The van der Waals surface area contributed by atoms with Crippen LogP contribution in [0.4, 0.5) is 0 Å². The molecule has 0 amide bonds. The van der Waals surface area contributed by atoms with E-state index < -0.39 is 12.1 Å². The Hall–Kier alpha value is -2.24. The van der Waals surface area contributed by atoms with Crippen LogP contribution in [0.5, 0.6) is 0 Å². The molecule has 26 heavy (non-hydrogen) atoms. The Morgan fingerprint density at radius 2 is 1.96 bits per heavy atom. The molecular formula is C21H21NO3S. The Balaban J connectivity index is 2.06. The lowest BCUT2D eigenvalue weighted by atomic mass is 9.89. The molecule has 0 saturated heterocycles. The molecule has 4 rings (SSSR count). The van der Waals surface area contributed by atoms with Gasteiger partial charge in [0.05, 0.1) is 0 Å². The molecular weight excluding hydrogens is 346 g/mol. The Labute approximate surface area is 156 Å². The lowest BCUT2D eigenvalue weighted by Gasteiger charge is -2.18. The second-order valence-corrected chi connectivity index (χ2v) is 7.88. The maximum absolute atomic E-state index is 11.8. The normalized spacial score (nSPS) is 15.0. The number of nitrogens with zero attached hydrogens (tertiary/aromatic N) is 1. The summed E-state index contributed by atoms with van der Waals surface area (Å²) in [5.41, 5.74) is 5.13. The van der Waals surface area contributed by atoms with E-state index in [1.165, 1.54) is 36.0 Å². The van der Waals surface area contributed by atoms with Crippen LogP contribution in [0.2, 0.25) is 0 Å². The van der Waals surface area contributed by atoms with E-state index in [-0.39, 0.29) is 0 Å². The number of benzene rings is 1. The highest BCUT2D eigenvalue weighted by Gasteiger charge is 2.28. The van der Waals surface area contributed by atoms with Gasteiger partial charge in [-0.25, -0.2) is 9.78 Å². The summed E-state index contributed by atoms with van der Waals surface area (Å²) in [4.78, 5) is 18.8. The zero-order valence-electron chi connectivity index (χ0n) is 14.9. The fourth-order valence-corrected chi connectivity index (χ4v) is 5.07. The average molecular weight is 367 g/mol. The van der Waals surface area contributed by atoms with Crippen LogP contribution in [0.15, 0.2) is 30.5 Å². The summed E-state index contributed by atoms with van der Waals surface area (Å²) in [5, 5.41) is 10.8. The number of aromatic nitrogens is 1. The number of aliphatic carboxylic acids is 1. The molecule has 1 N–H and O–H groups in total. The van der Waals surface area contributed by atoms with E-state index in [1.807, 2.05) is 0 Å². The van der Waals surface area contributed by atoms with Gasteiger partial charge < -0.3 is 9.84 Å². The van der Waals surface area contributed by atoms with Gasteiger partial charge in [0, 0.05) is 34.7 Å². The van der Waals surface area contributed by atoms with Crippen LogP contribution in [0.25, 0.3) is 21.3 Å². The van der Waals surface area contributed by atoms with Crippen molar-refractivity contribution in [3.05, 3.63) is 52.0 Å². The van der Waals surface area contributed by atoms with Crippen LogP contribution in [0.1, 0.15) is 40.5 Å². The predicted molar refractivity (Wildman–Crippen MR) is 104 cm³/mol. The van der Waals surface area contributed by atoms with Crippen LogP contribution in [-0.2, 0) is 22.4 Å². The molecule has 0 aliphatic heterocycles. The molecule has 1 aliphatic carbocycles. The largest absolute Gasteiger partial charge is 0.479 e. The summed E-state index contributed by atoms with van der Waals surface area (Å²) in [5.74, 6) is -0.994. The van der Waals surface area contributed by atoms with Gasteiger partial charge in [-0.05, 0) is 43.7 Å². The monoisotopic (exact) mass is 367 g/mol. The first-order valence-electron chi connectivity index (χ1n) is 8.86. The molecule has 0 spiro atoms. The lowest BCUT2D eigenvalue weighted by molar-refractivity contribution is -0.148. The third kappa shape index (κ3) is 2.81. The number of carboxylic acid groups (broad SMARTS) is 1. The summed E-state index contributed by atoms with van der Waals surface area (Å²) in [6.07, 6.45) is 5.16. The highest BCUT2D eigenvalue weighted by atomic mass is 32.1. The molecule has 1 atom stereocenters. The minimum Gasteiger partial charge on any atom is -0.479 e. The average Bonchev–Trinajstić information content (AvgIpc) is 3.01. The number of rotatable bonds is 4. The van der Waals surface area contributed by atoms with Crippen LogP contribution in [0.3, 0.4) is 0 Å². The van der Waals surface area contributed by atoms with E-state index in [2.05, 4.69) is 36.2 Å². The third-order valence-corrected chi connectivity index (χ3v) is 6.29. The van der Waals surface area contributed by atoms with E-state index in [0.29, 0.717) is 5.56 Å². The standard InChI is InChI=1S/C21H21NO3S/c1-12-7-9-13(10-8-12)17-15(19(25-2)21(23)24)11-22-20-18(17)14-5-3-4-6-16(14)26-20/h7-11,19H,3-6H2,1-2H3,(H,23,24). The summed E-state index contributed by atoms with van der Waals surface area (Å²) >= 11 is 1.75. The summed E-state index contributed by atoms with van der Waals surface area (Å²) in [6.45, 7) is 2.05. The van der Waals surface area contributed by atoms with Gasteiger partial charge in [-0.2, -0.15) is 0 Å². The molecule has 3 aromatic rings. The first-order chi connectivity index (χ1) is 12.6. The second kappa shape index (κ2) is 6.82. The minimum atomic E-state index is -1.03. The minimum absolute atomic E-state index is 0.627. The summed E-state index contributed by atoms with van der Waals surface area (Å²) in [6, 6.07) is 8.25. The Morgan fingerprint density at radius 1 is 1.23 bits per heavy atom. The zero-order chi connectivity index (χ0) is 18.3. The molecule has 0 radical (unpaired) electrons. The van der Waals surface area contributed by atoms with Crippen molar-refractivity contribution in [2.45, 2.75) is 38.7 Å². The van der Waals surface area contributed by atoms with Gasteiger partial charge in [0.2, 0.25) is 0 Å². The molecule has 0 bridgehead atoms. The molecule has 0 saturated carbocycles. The van der Waals surface area contributed by atoms with Gasteiger partial charge in [0.25, 0.3) is 0 Å². The van der Waals surface area contributed by atoms with Gasteiger partial charge in [-0.1, -0.05) is 29.8 Å². The van der Waals surface area contributed by atoms with Crippen LogP contribution in [-0.4, -0.2) is 23.2 Å². The molecule has 134 valence electrons. The number of carbonyl (C=O) groups is 1. The first kappa shape index (κ1) is 17.2. The topological polar surface area (TPSA) is 59.4 Å². The van der Waals surface area contributed by atoms with Crippen LogP contribution >= 0.6 is 11.3 Å². The van der Waals surface area contributed by atoms with E-state index in [9.17, 15) is 9.90 Å². The Kier molecular flexibility index (Phi) is 4.51. The number of fused-ring (bicyclic) bond motifs is 3. The van der Waals surface area contributed by atoms with Crippen molar-refractivity contribution in [3.63, 3.8) is 0 Å². The molecule has 2 aromatic heterocycles. The number of hydrogen-bond donors (Lipinski definition) is 1. The van der Waals surface area contributed by atoms with Crippen molar-refractivity contribution in [1.82, 2.24) is 4.98 Å².